The molecule has 0 bridgehead atoms. The van der Waals surface area contributed by atoms with Crippen LogP contribution in [-0.4, -0.2) is 16.3 Å². The quantitative estimate of drug-likeness (QED) is 0.579. The number of hydrogen-bond donors (Lipinski definition) is 0. The average Bonchev–Trinajstić information content (AvgIpc) is 2.69. The third-order valence-corrected chi connectivity index (χ3v) is 2.21. The number of rotatable bonds is 2. The largest absolute Gasteiger partial charge is 0.472 e. The minimum Gasteiger partial charge on any atom is -0.472 e. The summed E-state index contributed by atoms with van der Waals surface area (Å²) in [4.78, 5) is 18.9. The lowest BCUT2D eigenvalue weighted by atomic mass is 10.1. The van der Waals surface area contributed by atoms with Gasteiger partial charge < -0.3 is 4.42 Å². The van der Waals surface area contributed by atoms with Crippen molar-refractivity contribution >= 4 is 17.9 Å². The summed E-state index contributed by atoms with van der Waals surface area (Å²) in [5.41, 5.74) is 1.49. The Morgan fingerprint density at radius 1 is 1.47 bits per heavy atom. The van der Waals surface area contributed by atoms with E-state index in [1.807, 2.05) is 0 Å². The molecule has 5 heteroatoms. The summed E-state index contributed by atoms with van der Waals surface area (Å²) in [6.07, 6.45) is 3.66. The predicted octanol–water partition coefficient (Wildman–Crippen LogP) is 2.51. The number of halogens is 1. The highest BCUT2D eigenvalue weighted by molar-refractivity contribution is 6.32. The molecule has 0 amide bonds. The van der Waals surface area contributed by atoms with Crippen LogP contribution < -0.4 is 0 Å². The van der Waals surface area contributed by atoms with E-state index < -0.39 is 0 Å². The smallest absolute Gasteiger partial charge is 0.155 e. The molecule has 0 saturated heterocycles. The maximum Gasteiger partial charge on any atom is 0.155 e. The van der Waals surface area contributed by atoms with Crippen LogP contribution in [0.2, 0.25) is 5.15 Å². The maximum absolute atomic E-state index is 10.9. The van der Waals surface area contributed by atoms with Crippen LogP contribution in [0.1, 0.15) is 16.2 Å². The lowest BCUT2D eigenvalue weighted by Gasteiger charge is -2.03. The van der Waals surface area contributed by atoms with Crippen LogP contribution in [0, 0.1) is 6.92 Å². The molecule has 2 heterocycles. The average molecular weight is 223 g/mol. The SMILES string of the molecule is Cc1nc(Cl)c(C=O)c(-c2ccoc2)n1. The van der Waals surface area contributed by atoms with Crippen LogP contribution >= 0.6 is 11.6 Å². The topological polar surface area (TPSA) is 56.0 Å². The van der Waals surface area contributed by atoms with E-state index in [2.05, 4.69) is 9.97 Å². The number of nitrogens with zero attached hydrogens (tertiary/aromatic N) is 2. The van der Waals surface area contributed by atoms with Gasteiger partial charge in [-0.25, -0.2) is 9.97 Å². The van der Waals surface area contributed by atoms with Crippen molar-refractivity contribution in [1.29, 1.82) is 0 Å². The zero-order chi connectivity index (χ0) is 10.8. The monoisotopic (exact) mass is 222 g/mol. The first-order valence-corrected chi connectivity index (χ1v) is 4.62. The number of aryl methyl sites for hydroxylation is 1. The fourth-order valence-electron chi connectivity index (χ4n) is 1.27. The molecule has 0 aromatic carbocycles. The number of carbonyl (C=O) groups excluding carboxylic acids is 1. The van der Waals surface area contributed by atoms with E-state index in [1.54, 1.807) is 13.0 Å². The van der Waals surface area contributed by atoms with Gasteiger partial charge in [0.2, 0.25) is 0 Å². The number of furan rings is 1. The van der Waals surface area contributed by atoms with Crippen LogP contribution in [0.25, 0.3) is 11.3 Å². The highest BCUT2D eigenvalue weighted by atomic mass is 35.5. The molecule has 2 aromatic rings. The molecule has 4 nitrogen and oxygen atoms in total. The van der Waals surface area contributed by atoms with Gasteiger partial charge in [0.1, 0.15) is 11.0 Å². The summed E-state index contributed by atoms with van der Waals surface area (Å²) in [6, 6.07) is 1.71. The molecule has 0 radical (unpaired) electrons. The molecule has 76 valence electrons. The van der Waals surface area contributed by atoms with Crippen molar-refractivity contribution in [3.63, 3.8) is 0 Å². The second kappa shape index (κ2) is 3.82. The first-order valence-electron chi connectivity index (χ1n) is 4.24. The molecule has 2 aromatic heterocycles. The molecule has 15 heavy (non-hydrogen) atoms. The molecule has 0 fully saturated rings. The Hall–Kier alpha value is -1.68. The highest BCUT2D eigenvalue weighted by Crippen LogP contribution is 2.25. The minimum atomic E-state index is 0.161. The van der Waals surface area contributed by atoms with Crippen LogP contribution in [0.15, 0.2) is 23.0 Å². The summed E-state index contributed by atoms with van der Waals surface area (Å²) < 4.78 is 4.93. The minimum absolute atomic E-state index is 0.161. The Balaban J connectivity index is 2.69. The lowest BCUT2D eigenvalue weighted by Crippen LogP contribution is -1.98. The third-order valence-electron chi connectivity index (χ3n) is 1.92. The van der Waals surface area contributed by atoms with E-state index in [0.29, 0.717) is 23.4 Å². The van der Waals surface area contributed by atoms with Gasteiger partial charge in [-0.05, 0) is 13.0 Å². The summed E-state index contributed by atoms with van der Waals surface area (Å²) in [6.45, 7) is 1.71. The Morgan fingerprint density at radius 2 is 2.27 bits per heavy atom. The number of aldehydes is 1. The van der Waals surface area contributed by atoms with Crippen molar-refractivity contribution in [1.82, 2.24) is 9.97 Å². The number of aromatic nitrogens is 2. The van der Waals surface area contributed by atoms with Crippen molar-refractivity contribution in [2.75, 3.05) is 0 Å². The van der Waals surface area contributed by atoms with Gasteiger partial charge in [-0.1, -0.05) is 11.6 Å². The van der Waals surface area contributed by atoms with Gasteiger partial charge in [0.05, 0.1) is 23.8 Å². The molecule has 2 rings (SSSR count). The van der Waals surface area contributed by atoms with Gasteiger partial charge >= 0.3 is 0 Å². The molecule has 0 aliphatic heterocycles. The normalized spacial score (nSPS) is 10.3. The number of hydrogen-bond acceptors (Lipinski definition) is 4. The summed E-state index contributed by atoms with van der Waals surface area (Å²) in [7, 11) is 0. The second-order valence-corrected chi connectivity index (χ2v) is 3.31. The van der Waals surface area contributed by atoms with Crippen LogP contribution in [0.3, 0.4) is 0 Å². The zero-order valence-corrected chi connectivity index (χ0v) is 8.65. The first kappa shape index (κ1) is 9.86. The van der Waals surface area contributed by atoms with E-state index in [0.717, 1.165) is 0 Å². The maximum atomic E-state index is 10.9. The van der Waals surface area contributed by atoms with Gasteiger partial charge in [-0.2, -0.15) is 0 Å². The van der Waals surface area contributed by atoms with E-state index in [-0.39, 0.29) is 10.7 Å². The van der Waals surface area contributed by atoms with Gasteiger partial charge in [0.15, 0.2) is 6.29 Å². The summed E-state index contributed by atoms with van der Waals surface area (Å²) in [5, 5.41) is 0.161. The molecule has 0 aliphatic rings. The molecule has 0 atom stereocenters. The molecule has 0 aliphatic carbocycles. The molecule has 0 saturated carbocycles. The molecule has 0 N–H and O–H groups in total. The van der Waals surface area contributed by atoms with Crippen LogP contribution in [0.5, 0.6) is 0 Å². The lowest BCUT2D eigenvalue weighted by molar-refractivity contribution is 0.112. The van der Waals surface area contributed by atoms with Crippen molar-refractivity contribution in [3.05, 3.63) is 35.1 Å². The standard InChI is InChI=1S/C10H7ClN2O2/c1-6-12-9(7-2-3-15-5-7)8(4-14)10(11)13-6/h2-5H,1H3. The van der Waals surface area contributed by atoms with E-state index in [1.165, 1.54) is 12.5 Å². The van der Waals surface area contributed by atoms with E-state index >= 15 is 0 Å². The third kappa shape index (κ3) is 1.76. The fourth-order valence-corrected chi connectivity index (χ4v) is 1.53. The Morgan fingerprint density at radius 3 is 2.87 bits per heavy atom. The highest BCUT2D eigenvalue weighted by Gasteiger charge is 2.13. The first-order chi connectivity index (χ1) is 7.22. The molecular weight excluding hydrogens is 216 g/mol. The predicted molar refractivity (Wildman–Crippen MR) is 54.9 cm³/mol. The van der Waals surface area contributed by atoms with E-state index in [9.17, 15) is 4.79 Å². The van der Waals surface area contributed by atoms with Crippen LogP contribution in [-0.2, 0) is 0 Å². The Kier molecular flexibility index (Phi) is 2.51. The number of carbonyl (C=O) groups is 1. The van der Waals surface area contributed by atoms with Crippen molar-refractivity contribution in [3.8, 4) is 11.3 Å². The summed E-state index contributed by atoms with van der Waals surface area (Å²) >= 11 is 5.84. The zero-order valence-electron chi connectivity index (χ0n) is 7.90. The van der Waals surface area contributed by atoms with Gasteiger partial charge in [0.25, 0.3) is 0 Å². The molecule has 0 spiro atoms. The van der Waals surface area contributed by atoms with Gasteiger partial charge in [-0.3, -0.25) is 4.79 Å². The molecule has 0 unspecified atom stereocenters. The molecular formula is C10H7ClN2O2. The fraction of sp³-hybridized carbons (Fsp3) is 0.100. The second-order valence-electron chi connectivity index (χ2n) is 2.95. The Labute approximate surface area is 90.9 Å². The Bertz CT molecular complexity index is 494. The van der Waals surface area contributed by atoms with Gasteiger partial charge in [0, 0.05) is 5.56 Å². The van der Waals surface area contributed by atoms with Crippen molar-refractivity contribution < 1.29 is 9.21 Å². The van der Waals surface area contributed by atoms with E-state index in [4.69, 9.17) is 16.0 Å². The van der Waals surface area contributed by atoms with Crippen LogP contribution in [0.4, 0.5) is 0 Å². The van der Waals surface area contributed by atoms with Crippen molar-refractivity contribution in [2.45, 2.75) is 6.92 Å². The van der Waals surface area contributed by atoms with Gasteiger partial charge in [-0.15, -0.1) is 0 Å². The van der Waals surface area contributed by atoms with Crippen molar-refractivity contribution in [2.24, 2.45) is 0 Å². The summed E-state index contributed by atoms with van der Waals surface area (Å²) in [5.74, 6) is 0.516.